The molecular formula is C21H13ClF4N2O2. The van der Waals surface area contributed by atoms with Gasteiger partial charge in [-0.3, -0.25) is 4.79 Å². The highest BCUT2D eigenvalue weighted by Crippen LogP contribution is 2.31. The summed E-state index contributed by atoms with van der Waals surface area (Å²) in [5.41, 5.74) is -1.31. The van der Waals surface area contributed by atoms with Gasteiger partial charge in [0, 0.05) is 16.3 Å². The lowest BCUT2D eigenvalue weighted by Crippen LogP contribution is -2.21. The maximum atomic E-state index is 14.0. The van der Waals surface area contributed by atoms with Crippen molar-refractivity contribution in [1.82, 2.24) is 0 Å². The van der Waals surface area contributed by atoms with Crippen LogP contribution in [0, 0.1) is 5.82 Å². The van der Waals surface area contributed by atoms with E-state index in [1.807, 2.05) is 0 Å². The Morgan fingerprint density at radius 1 is 0.833 bits per heavy atom. The van der Waals surface area contributed by atoms with Crippen molar-refractivity contribution in [3.05, 3.63) is 94.3 Å². The van der Waals surface area contributed by atoms with Crippen LogP contribution >= 0.6 is 11.6 Å². The van der Waals surface area contributed by atoms with Crippen molar-refractivity contribution in [3.63, 3.8) is 0 Å². The molecule has 0 aliphatic carbocycles. The van der Waals surface area contributed by atoms with Crippen LogP contribution in [0.3, 0.4) is 0 Å². The van der Waals surface area contributed by atoms with E-state index in [4.69, 9.17) is 11.6 Å². The number of halogens is 5. The van der Waals surface area contributed by atoms with Crippen molar-refractivity contribution >= 4 is 34.8 Å². The molecular weight excluding hydrogens is 424 g/mol. The maximum Gasteiger partial charge on any atom is 0.416 e. The van der Waals surface area contributed by atoms with Crippen LogP contribution in [0.5, 0.6) is 0 Å². The lowest BCUT2D eigenvalue weighted by molar-refractivity contribution is -0.137. The molecule has 0 saturated carbocycles. The van der Waals surface area contributed by atoms with E-state index in [1.54, 1.807) is 0 Å². The van der Waals surface area contributed by atoms with Crippen LogP contribution in [0.25, 0.3) is 0 Å². The third-order valence-corrected chi connectivity index (χ3v) is 4.28. The number of alkyl halides is 3. The highest BCUT2D eigenvalue weighted by molar-refractivity contribution is 6.31. The normalized spacial score (nSPS) is 11.1. The van der Waals surface area contributed by atoms with Crippen LogP contribution < -0.4 is 10.6 Å². The first-order chi connectivity index (χ1) is 14.1. The maximum absolute atomic E-state index is 14.0. The summed E-state index contributed by atoms with van der Waals surface area (Å²) in [6.07, 6.45) is -4.57. The van der Waals surface area contributed by atoms with E-state index in [0.717, 1.165) is 24.3 Å². The van der Waals surface area contributed by atoms with Crippen molar-refractivity contribution in [3.8, 4) is 0 Å². The molecule has 0 aliphatic heterocycles. The van der Waals surface area contributed by atoms with Gasteiger partial charge in [-0.1, -0.05) is 29.8 Å². The van der Waals surface area contributed by atoms with E-state index >= 15 is 0 Å². The van der Waals surface area contributed by atoms with Gasteiger partial charge in [0.25, 0.3) is 0 Å². The van der Waals surface area contributed by atoms with Gasteiger partial charge in [0.2, 0.25) is 0 Å². The number of benzene rings is 3. The minimum Gasteiger partial charge on any atom is -0.308 e. The van der Waals surface area contributed by atoms with E-state index in [-0.39, 0.29) is 27.5 Å². The van der Waals surface area contributed by atoms with E-state index in [0.29, 0.717) is 0 Å². The molecule has 30 heavy (non-hydrogen) atoms. The van der Waals surface area contributed by atoms with Gasteiger partial charge in [-0.05, 0) is 48.5 Å². The predicted molar refractivity (Wildman–Crippen MR) is 105 cm³/mol. The second-order valence-corrected chi connectivity index (χ2v) is 6.59. The van der Waals surface area contributed by atoms with E-state index < -0.39 is 29.4 Å². The fraction of sp³-hybridized carbons (Fsp3) is 0.0476. The van der Waals surface area contributed by atoms with Crippen LogP contribution in [-0.4, -0.2) is 11.8 Å². The second-order valence-electron chi connectivity index (χ2n) is 6.16. The van der Waals surface area contributed by atoms with Crippen LogP contribution in [-0.2, 0) is 6.18 Å². The Labute approximate surface area is 173 Å². The third-order valence-electron chi connectivity index (χ3n) is 4.04. The van der Waals surface area contributed by atoms with Gasteiger partial charge < -0.3 is 10.6 Å². The van der Waals surface area contributed by atoms with Gasteiger partial charge >= 0.3 is 12.2 Å². The molecule has 0 aliphatic rings. The topological polar surface area (TPSA) is 58.2 Å². The molecule has 0 heterocycles. The number of rotatable bonds is 4. The number of anilines is 2. The molecule has 3 aromatic rings. The number of hydrogen-bond donors (Lipinski definition) is 2. The van der Waals surface area contributed by atoms with E-state index in [2.05, 4.69) is 10.6 Å². The van der Waals surface area contributed by atoms with E-state index in [9.17, 15) is 27.2 Å². The number of nitrogens with one attached hydrogen (secondary N) is 2. The fourth-order valence-corrected chi connectivity index (χ4v) is 2.83. The van der Waals surface area contributed by atoms with Crippen molar-refractivity contribution in [2.24, 2.45) is 0 Å². The first kappa shape index (κ1) is 21.3. The second kappa shape index (κ2) is 8.54. The number of carbonyl (C=O) groups is 2. The molecule has 0 radical (unpaired) electrons. The SMILES string of the molecule is O=C(Nc1cccc(C(F)(F)F)c1)Nc1ccc(Cl)cc1C(=O)c1ccccc1F. The molecule has 2 N–H and O–H groups in total. The zero-order valence-electron chi connectivity index (χ0n) is 15.1. The molecule has 0 saturated heterocycles. The van der Waals surface area contributed by atoms with Gasteiger partial charge in [0.05, 0.1) is 16.8 Å². The molecule has 3 rings (SSSR count). The Morgan fingerprint density at radius 3 is 2.27 bits per heavy atom. The Balaban J connectivity index is 1.85. The molecule has 154 valence electrons. The number of amides is 2. The first-order valence-corrected chi connectivity index (χ1v) is 8.87. The van der Waals surface area contributed by atoms with Gasteiger partial charge in [-0.15, -0.1) is 0 Å². The number of hydrogen-bond acceptors (Lipinski definition) is 2. The van der Waals surface area contributed by atoms with Gasteiger partial charge in [-0.25, -0.2) is 9.18 Å². The fourth-order valence-electron chi connectivity index (χ4n) is 2.66. The standard InChI is InChI=1S/C21H13ClF4N2O2/c22-13-8-9-18(16(11-13)19(29)15-6-1-2-7-17(15)23)28-20(30)27-14-5-3-4-12(10-14)21(24,25)26/h1-11H,(H2,27,28,30). The summed E-state index contributed by atoms with van der Waals surface area (Å²) in [4.78, 5) is 25.0. The molecule has 0 bridgehead atoms. The molecule has 0 atom stereocenters. The average molecular weight is 437 g/mol. The van der Waals surface area contributed by atoms with E-state index in [1.165, 1.54) is 42.5 Å². The third kappa shape index (κ3) is 4.96. The number of urea groups is 1. The Kier molecular flexibility index (Phi) is 6.07. The zero-order valence-corrected chi connectivity index (χ0v) is 15.8. The minimum atomic E-state index is -4.57. The molecule has 3 aromatic carbocycles. The van der Waals surface area contributed by atoms with Crippen LogP contribution in [0.1, 0.15) is 21.5 Å². The average Bonchev–Trinajstić information content (AvgIpc) is 2.69. The molecule has 0 aromatic heterocycles. The Bertz CT molecular complexity index is 1120. The lowest BCUT2D eigenvalue weighted by atomic mass is 10.0. The summed E-state index contributed by atoms with van der Waals surface area (Å²) in [5.74, 6) is -1.47. The zero-order chi connectivity index (χ0) is 21.9. The molecule has 4 nitrogen and oxygen atoms in total. The summed E-state index contributed by atoms with van der Waals surface area (Å²) in [7, 11) is 0. The van der Waals surface area contributed by atoms with Crippen molar-refractivity contribution in [2.75, 3.05) is 10.6 Å². The summed E-state index contributed by atoms with van der Waals surface area (Å²) in [6, 6.07) is 12.5. The molecule has 0 unspecified atom stereocenters. The first-order valence-electron chi connectivity index (χ1n) is 8.49. The highest BCUT2D eigenvalue weighted by Gasteiger charge is 2.30. The Hall–Kier alpha value is -3.39. The smallest absolute Gasteiger partial charge is 0.308 e. The molecule has 0 fully saturated rings. The highest BCUT2D eigenvalue weighted by atomic mass is 35.5. The Morgan fingerprint density at radius 2 is 1.57 bits per heavy atom. The quantitative estimate of drug-likeness (QED) is 0.368. The van der Waals surface area contributed by atoms with Crippen LogP contribution in [0.4, 0.5) is 33.7 Å². The van der Waals surface area contributed by atoms with Crippen molar-refractivity contribution in [2.45, 2.75) is 6.18 Å². The lowest BCUT2D eigenvalue weighted by Gasteiger charge is -2.13. The largest absolute Gasteiger partial charge is 0.416 e. The monoisotopic (exact) mass is 436 g/mol. The summed E-state index contributed by atoms with van der Waals surface area (Å²) < 4.78 is 52.4. The number of carbonyl (C=O) groups excluding carboxylic acids is 2. The summed E-state index contributed by atoms with van der Waals surface area (Å²) in [6.45, 7) is 0. The van der Waals surface area contributed by atoms with Crippen molar-refractivity contribution < 1.29 is 27.2 Å². The molecule has 2 amide bonds. The van der Waals surface area contributed by atoms with Gasteiger partial charge in [0.1, 0.15) is 5.82 Å². The van der Waals surface area contributed by atoms with Gasteiger partial charge in [-0.2, -0.15) is 13.2 Å². The predicted octanol–water partition coefficient (Wildman–Crippen LogP) is 6.37. The summed E-state index contributed by atoms with van der Waals surface area (Å²) in [5, 5.41) is 4.83. The summed E-state index contributed by atoms with van der Waals surface area (Å²) >= 11 is 5.93. The van der Waals surface area contributed by atoms with Crippen LogP contribution in [0.15, 0.2) is 66.7 Å². The van der Waals surface area contributed by atoms with Crippen LogP contribution in [0.2, 0.25) is 5.02 Å². The number of ketones is 1. The molecule has 0 spiro atoms. The molecule has 9 heteroatoms. The van der Waals surface area contributed by atoms with Crippen molar-refractivity contribution in [1.29, 1.82) is 0 Å². The minimum absolute atomic E-state index is 0.0112. The van der Waals surface area contributed by atoms with Gasteiger partial charge in [0.15, 0.2) is 5.78 Å².